The van der Waals surface area contributed by atoms with Gasteiger partial charge in [-0.1, -0.05) is 0 Å². The summed E-state index contributed by atoms with van der Waals surface area (Å²) in [6.45, 7) is 8.78. The van der Waals surface area contributed by atoms with Crippen LogP contribution in [0.25, 0.3) is 0 Å². The van der Waals surface area contributed by atoms with E-state index >= 15 is 0 Å². The maximum atomic E-state index is 12.0. The molecule has 0 aromatic carbocycles. The number of morpholine rings is 1. The van der Waals surface area contributed by atoms with Crippen LogP contribution in [0.1, 0.15) is 31.1 Å². The van der Waals surface area contributed by atoms with Gasteiger partial charge in [0.2, 0.25) is 0 Å². The van der Waals surface area contributed by atoms with Gasteiger partial charge in [0.15, 0.2) is 0 Å². The van der Waals surface area contributed by atoms with Crippen LogP contribution in [0, 0.1) is 0 Å². The third-order valence-corrected chi connectivity index (χ3v) is 3.57. The van der Waals surface area contributed by atoms with E-state index in [4.69, 9.17) is 4.74 Å². The van der Waals surface area contributed by atoms with Crippen LogP contribution < -0.4 is 5.32 Å². The van der Waals surface area contributed by atoms with E-state index in [1.165, 1.54) is 0 Å². The number of pyridine rings is 1. The van der Waals surface area contributed by atoms with Crippen molar-refractivity contribution in [2.75, 3.05) is 19.6 Å². The molecule has 0 saturated carbocycles. The Bertz CT molecular complexity index is 428. The van der Waals surface area contributed by atoms with Gasteiger partial charge < -0.3 is 10.1 Å². The largest absolute Gasteiger partial charge is 0.373 e. The summed E-state index contributed by atoms with van der Waals surface area (Å²) >= 11 is 0. The fourth-order valence-electron chi connectivity index (χ4n) is 2.55. The molecule has 1 aromatic heterocycles. The van der Waals surface area contributed by atoms with Crippen molar-refractivity contribution in [1.82, 2.24) is 15.2 Å². The van der Waals surface area contributed by atoms with Crippen LogP contribution in [0.4, 0.5) is 0 Å². The van der Waals surface area contributed by atoms with E-state index in [0.29, 0.717) is 18.2 Å². The summed E-state index contributed by atoms with van der Waals surface area (Å²) in [6.07, 6.45) is 3.75. The van der Waals surface area contributed by atoms with E-state index in [1.807, 2.05) is 0 Å². The Labute approximate surface area is 120 Å². The van der Waals surface area contributed by atoms with Gasteiger partial charge in [-0.25, -0.2) is 0 Å². The lowest BCUT2D eigenvalue weighted by Gasteiger charge is -2.39. The molecule has 1 aliphatic heterocycles. The van der Waals surface area contributed by atoms with E-state index in [0.717, 1.165) is 13.1 Å². The van der Waals surface area contributed by atoms with E-state index in [9.17, 15) is 4.79 Å². The zero-order valence-corrected chi connectivity index (χ0v) is 12.4. The monoisotopic (exact) mass is 277 g/mol. The molecule has 1 aliphatic rings. The summed E-state index contributed by atoms with van der Waals surface area (Å²) in [5.41, 5.74) is 0.649. The first-order valence-corrected chi connectivity index (χ1v) is 7.14. The topological polar surface area (TPSA) is 54.5 Å². The molecule has 110 valence electrons. The number of nitrogens with zero attached hydrogens (tertiary/aromatic N) is 2. The molecule has 2 heterocycles. The van der Waals surface area contributed by atoms with Gasteiger partial charge in [-0.15, -0.1) is 0 Å². The quantitative estimate of drug-likeness (QED) is 0.901. The number of amides is 1. The van der Waals surface area contributed by atoms with Gasteiger partial charge >= 0.3 is 0 Å². The predicted octanol–water partition coefficient (Wildman–Crippen LogP) is 1.31. The van der Waals surface area contributed by atoms with Crippen molar-refractivity contribution < 1.29 is 9.53 Å². The lowest BCUT2D eigenvalue weighted by molar-refractivity contribution is -0.0778. The van der Waals surface area contributed by atoms with Gasteiger partial charge in [0.05, 0.1) is 12.2 Å². The molecule has 2 rings (SSSR count). The van der Waals surface area contributed by atoms with Gasteiger partial charge in [0.25, 0.3) is 5.91 Å². The average Bonchev–Trinajstić information content (AvgIpc) is 2.44. The minimum atomic E-state index is -0.0476. The smallest absolute Gasteiger partial charge is 0.251 e. The van der Waals surface area contributed by atoms with Gasteiger partial charge in [-0.05, 0) is 32.9 Å². The molecule has 0 aliphatic carbocycles. The van der Waals surface area contributed by atoms with Crippen LogP contribution in [0.5, 0.6) is 0 Å². The standard InChI is InChI=1S/C15H23N3O2/c1-11(18-9-12(2)20-13(3)10-18)8-17-15(19)14-4-6-16-7-5-14/h4-7,11-13H,8-10H2,1-3H3,(H,17,19). The van der Waals surface area contributed by atoms with Crippen LogP contribution in [0.15, 0.2) is 24.5 Å². The van der Waals surface area contributed by atoms with Crippen molar-refractivity contribution in [3.63, 3.8) is 0 Å². The molecule has 1 fully saturated rings. The number of ether oxygens (including phenoxy) is 1. The predicted molar refractivity (Wildman–Crippen MR) is 77.6 cm³/mol. The first-order chi connectivity index (χ1) is 9.56. The minimum absolute atomic E-state index is 0.0476. The highest BCUT2D eigenvalue weighted by atomic mass is 16.5. The first-order valence-electron chi connectivity index (χ1n) is 7.14. The Hall–Kier alpha value is -1.46. The number of rotatable bonds is 4. The van der Waals surface area contributed by atoms with Crippen molar-refractivity contribution >= 4 is 5.91 Å². The number of hydrogen-bond donors (Lipinski definition) is 1. The van der Waals surface area contributed by atoms with Crippen LogP contribution in [-0.4, -0.2) is 53.7 Å². The zero-order chi connectivity index (χ0) is 14.5. The third-order valence-electron chi connectivity index (χ3n) is 3.57. The molecule has 3 atom stereocenters. The summed E-state index contributed by atoms with van der Waals surface area (Å²) in [4.78, 5) is 18.3. The molecule has 0 bridgehead atoms. The second-order valence-electron chi connectivity index (χ2n) is 5.51. The number of nitrogens with one attached hydrogen (secondary N) is 1. The molecule has 1 N–H and O–H groups in total. The number of hydrogen-bond acceptors (Lipinski definition) is 4. The normalized spacial score (nSPS) is 25.1. The Morgan fingerprint density at radius 1 is 1.40 bits per heavy atom. The van der Waals surface area contributed by atoms with E-state index in [2.05, 4.69) is 36.0 Å². The Balaban J connectivity index is 1.83. The fourth-order valence-corrected chi connectivity index (χ4v) is 2.55. The van der Waals surface area contributed by atoms with E-state index < -0.39 is 0 Å². The molecule has 5 heteroatoms. The Kier molecular flexibility index (Phi) is 5.09. The van der Waals surface area contributed by atoms with Crippen molar-refractivity contribution in [3.8, 4) is 0 Å². The number of carbonyl (C=O) groups excluding carboxylic acids is 1. The second kappa shape index (κ2) is 6.81. The zero-order valence-electron chi connectivity index (χ0n) is 12.4. The number of carbonyl (C=O) groups is 1. The lowest BCUT2D eigenvalue weighted by atomic mass is 10.1. The molecule has 3 unspecified atom stereocenters. The third kappa shape index (κ3) is 4.02. The summed E-state index contributed by atoms with van der Waals surface area (Å²) in [5.74, 6) is -0.0476. The molecule has 0 radical (unpaired) electrons. The van der Waals surface area contributed by atoms with Crippen LogP contribution in [0.2, 0.25) is 0 Å². The van der Waals surface area contributed by atoms with Gasteiger partial charge in [0, 0.05) is 43.6 Å². The summed E-state index contributed by atoms with van der Waals surface area (Å²) < 4.78 is 5.73. The van der Waals surface area contributed by atoms with Crippen molar-refractivity contribution in [2.45, 2.75) is 39.0 Å². The number of aromatic nitrogens is 1. The Morgan fingerprint density at radius 3 is 2.60 bits per heavy atom. The lowest BCUT2D eigenvalue weighted by Crippen LogP contribution is -2.52. The maximum Gasteiger partial charge on any atom is 0.251 e. The molecule has 0 spiro atoms. The van der Waals surface area contributed by atoms with Crippen molar-refractivity contribution in [1.29, 1.82) is 0 Å². The van der Waals surface area contributed by atoms with Crippen LogP contribution in [-0.2, 0) is 4.74 Å². The van der Waals surface area contributed by atoms with Crippen LogP contribution in [0.3, 0.4) is 0 Å². The highest BCUT2D eigenvalue weighted by molar-refractivity contribution is 5.93. The Morgan fingerprint density at radius 2 is 2.00 bits per heavy atom. The first kappa shape index (κ1) is 14.9. The SMILES string of the molecule is CC1CN(C(C)CNC(=O)c2ccncc2)CC(C)O1. The fraction of sp³-hybridized carbons (Fsp3) is 0.600. The molecule has 5 nitrogen and oxygen atoms in total. The van der Waals surface area contributed by atoms with E-state index in [-0.39, 0.29) is 18.1 Å². The van der Waals surface area contributed by atoms with Gasteiger partial charge in [-0.2, -0.15) is 0 Å². The highest BCUT2D eigenvalue weighted by Gasteiger charge is 2.25. The average molecular weight is 277 g/mol. The molecular formula is C15H23N3O2. The molecule has 1 saturated heterocycles. The van der Waals surface area contributed by atoms with Gasteiger partial charge in [0.1, 0.15) is 0 Å². The van der Waals surface area contributed by atoms with E-state index in [1.54, 1.807) is 24.5 Å². The summed E-state index contributed by atoms with van der Waals surface area (Å²) in [5, 5.41) is 2.98. The second-order valence-corrected chi connectivity index (χ2v) is 5.51. The molecule has 20 heavy (non-hydrogen) atoms. The summed E-state index contributed by atoms with van der Waals surface area (Å²) in [7, 11) is 0. The van der Waals surface area contributed by atoms with Crippen molar-refractivity contribution in [2.24, 2.45) is 0 Å². The van der Waals surface area contributed by atoms with Crippen molar-refractivity contribution in [3.05, 3.63) is 30.1 Å². The minimum Gasteiger partial charge on any atom is -0.373 e. The maximum absolute atomic E-state index is 12.0. The summed E-state index contributed by atoms with van der Waals surface area (Å²) in [6, 6.07) is 3.74. The molecule has 1 aromatic rings. The highest BCUT2D eigenvalue weighted by Crippen LogP contribution is 2.13. The van der Waals surface area contributed by atoms with Gasteiger partial charge in [-0.3, -0.25) is 14.7 Å². The van der Waals surface area contributed by atoms with Crippen LogP contribution >= 0.6 is 0 Å². The molecular weight excluding hydrogens is 254 g/mol. The molecule has 1 amide bonds.